The number of aromatic amines is 2. The van der Waals surface area contributed by atoms with Crippen LogP contribution >= 0.6 is 0 Å². The predicted octanol–water partition coefficient (Wildman–Crippen LogP) is 0.334. The van der Waals surface area contributed by atoms with E-state index >= 15 is 0 Å². The molecule has 4 bridgehead atoms. The molecule has 6 fully saturated rings. The molecule has 424 valence electrons. The molecule has 25 unspecified atom stereocenters. The van der Waals surface area contributed by atoms with Crippen LogP contribution < -0.4 is 16.4 Å². The van der Waals surface area contributed by atoms with Crippen molar-refractivity contribution in [2.45, 2.75) is 153 Å². The summed E-state index contributed by atoms with van der Waals surface area (Å²) in [5.41, 5.74) is 2.84. The zero-order valence-electron chi connectivity index (χ0n) is 44.5. The lowest BCUT2D eigenvalue weighted by Gasteiger charge is -2.76. The van der Waals surface area contributed by atoms with Crippen LogP contribution in [0.1, 0.15) is 103 Å². The number of hydrogen-bond acceptors (Lipinski definition) is 17. The number of carbonyl (C=O) groups is 2. The predicted molar refractivity (Wildman–Crippen MR) is 274 cm³/mol. The first-order valence-electron chi connectivity index (χ1n) is 28.0. The van der Waals surface area contributed by atoms with Crippen LogP contribution in [-0.4, -0.2) is 171 Å². The molecule has 25 atom stereocenters. The van der Waals surface area contributed by atoms with E-state index in [0.29, 0.717) is 75.8 Å². The van der Waals surface area contributed by atoms with Crippen molar-refractivity contribution in [1.29, 1.82) is 0 Å². The van der Waals surface area contributed by atoms with Gasteiger partial charge in [0.15, 0.2) is 6.29 Å². The molecule has 5 heterocycles. The van der Waals surface area contributed by atoms with Crippen molar-refractivity contribution in [3.63, 3.8) is 0 Å². The topological polar surface area (TPSA) is 362 Å². The molecule has 16 N–H and O–H groups in total. The Balaban J connectivity index is 1.16. The highest BCUT2D eigenvalue weighted by atomic mass is 16.7. The second kappa shape index (κ2) is 19.6. The van der Waals surface area contributed by atoms with E-state index in [1.807, 2.05) is 6.92 Å². The second-order valence-corrected chi connectivity index (χ2v) is 26.0. The summed E-state index contributed by atoms with van der Waals surface area (Å²) in [6.45, 7) is 7.18. The number of carboxylic acid groups (broad SMARTS) is 1. The summed E-state index contributed by atoms with van der Waals surface area (Å²) in [6, 6.07) is -0.993. The lowest BCUT2D eigenvalue weighted by Crippen LogP contribution is -2.75. The molecule has 21 heteroatoms. The number of nitrogens with two attached hydrogens (primary N) is 1. The standard InChI is InChI=1S/C56H81N7O14/c1-51(22-65)13-14-55(50(74)75)30(17-51)28-8-9-37-53(3)12-10-36-52(2,23-66)46(77-49-45(72)43(70)35(68)21-76-49)44(71)41(54(36,37)4)26(7-5-6-11-56(28,53)29-15-32-47(62-25-61-32)59-18-31(29)55)39-27(20-64)48(73)63-42(39)40(33-19-58-24-60-33)34(67)16-38(57)69/h8,19,24-27,29-31,34-46,49,59,64-72H,6,9-18,20-23,57H2,1-4H3,(H,58,60)(H,61,62)(H,63,73)(H,74,75). The van der Waals surface area contributed by atoms with Gasteiger partial charge in [-0.1, -0.05) is 45.3 Å². The van der Waals surface area contributed by atoms with E-state index in [2.05, 4.69) is 69.3 Å². The maximum atomic E-state index is 14.6. The summed E-state index contributed by atoms with van der Waals surface area (Å²) in [7, 11) is 0. The molecule has 3 aliphatic heterocycles. The Morgan fingerprint density at radius 2 is 1.75 bits per heavy atom. The molecular weight excluding hydrogens is 995 g/mol. The van der Waals surface area contributed by atoms with E-state index in [4.69, 9.17) is 15.2 Å². The highest BCUT2D eigenvalue weighted by Gasteiger charge is 2.78. The Morgan fingerprint density at radius 1 is 0.974 bits per heavy atom. The number of amides is 1. The minimum Gasteiger partial charge on any atom is -0.481 e. The number of aromatic nitrogens is 4. The minimum absolute atomic E-state index is 0.1000. The third-order valence-corrected chi connectivity index (χ3v) is 22.9. The number of imidazole rings is 2. The van der Waals surface area contributed by atoms with Crippen molar-refractivity contribution in [3.05, 3.63) is 41.9 Å². The molecule has 2 aromatic heterocycles. The van der Waals surface area contributed by atoms with E-state index in [-0.39, 0.29) is 31.5 Å². The molecule has 6 aliphatic carbocycles. The van der Waals surface area contributed by atoms with Crippen LogP contribution in [-0.2, 0) is 25.5 Å². The Kier molecular flexibility index (Phi) is 14.0. The van der Waals surface area contributed by atoms with Crippen LogP contribution in [0.2, 0.25) is 0 Å². The monoisotopic (exact) mass is 1080 g/mol. The van der Waals surface area contributed by atoms with E-state index < -0.39 is 160 Å². The molecule has 2 saturated heterocycles. The zero-order valence-corrected chi connectivity index (χ0v) is 44.5. The summed E-state index contributed by atoms with van der Waals surface area (Å²) in [5, 5.41) is 123. The van der Waals surface area contributed by atoms with E-state index in [1.165, 1.54) is 12.5 Å². The first kappa shape index (κ1) is 54.9. The van der Waals surface area contributed by atoms with Gasteiger partial charge in [-0.2, -0.15) is 0 Å². The van der Waals surface area contributed by atoms with Crippen LogP contribution in [0.5, 0.6) is 0 Å². The van der Waals surface area contributed by atoms with Gasteiger partial charge >= 0.3 is 5.97 Å². The quantitative estimate of drug-likeness (QED) is 0.0589. The number of carboxylic acids is 1. The summed E-state index contributed by atoms with van der Waals surface area (Å²) in [4.78, 5) is 44.6. The Hall–Kier alpha value is -4.02. The Labute approximate surface area is 448 Å². The number of aliphatic hydroxyl groups excluding tert-OH is 9. The number of fused-ring (bicyclic) bond motifs is 5. The van der Waals surface area contributed by atoms with Gasteiger partial charge in [-0.05, 0) is 97.2 Å². The molecule has 1 amide bonds. The first-order chi connectivity index (χ1) is 36.6. The van der Waals surface area contributed by atoms with Crippen LogP contribution in [0.4, 0.5) is 5.82 Å². The number of H-pyrrole nitrogens is 2. The number of anilines is 1. The maximum absolute atomic E-state index is 14.6. The van der Waals surface area contributed by atoms with Crippen LogP contribution in [0.25, 0.3) is 0 Å². The van der Waals surface area contributed by atoms with Crippen LogP contribution in [0, 0.1) is 97.6 Å². The zero-order chi connectivity index (χ0) is 54.9. The molecule has 11 rings (SSSR count). The summed E-state index contributed by atoms with van der Waals surface area (Å²) in [5.74, 6) is -0.315. The number of aliphatic carboxylic acids is 1. The number of nitrogens with zero attached hydrogens (tertiary/aromatic N) is 2. The van der Waals surface area contributed by atoms with Crippen LogP contribution in [0.15, 0.2) is 30.5 Å². The van der Waals surface area contributed by atoms with Crippen molar-refractivity contribution in [3.8, 4) is 11.8 Å². The fraction of sp³-hybridized carbons (Fsp3) is 0.786. The largest absolute Gasteiger partial charge is 0.481 e. The lowest BCUT2D eigenvalue weighted by atomic mass is 9.28. The van der Waals surface area contributed by atoms with Crippen molar-refractivity contribution in [2.24, 2.45) is 91.5 Å². The highest BCUT2D eigenvalue weighted by Crippen LogP contribution is 2.81. The van der Waals surface area contributed by atoms with Gasteiger partial charge in [-0.3, -0.25) is 9.59 Å². The molecule has 0 radical (unpaired) electrons. The van der Waals surface area contributed by atoms with Gasteiger partial charge in [0.25, 0.3) is 0 Å². The lowest BCUT2D eigenvalue weighted by molar-refractivity contribution is -0.344. The highest BCUT2D eigenvalue weighted by molar-refractivity contribution is 5.82. The van der Waals surface area contributed by atoms with Gasteiger partial charge in [0, 0.05) is 78.4 Å². The fourth-order valence-corrected chi connectivity index (χ4v) is 19.5. The van der Waals surface area contributed by atoms with Gasteiger partial charge in [0.05, 0.1) is 67.8 Å². The number of ether oxygens (including phenoxy) is 2. The molecule has 2 aromatic rings. The summed E-state index contributed by atoms with van der Waals surface area (Å²) in [6.07, 6.45) is -1.20. The minimum atomic E-state index is -1.75. The molecule has 9 aliphatic rings. The number of nitrogens with one attached hydrogen (secondary N) is 4. The van der Waals surface area contributed by atoms with E-state index in [9.17, 15) is 60.7 Å². The maximum Gasteiger partial charge on any atom is 0.310 e. The Bertz CT molecular complexity index is 2640. The number of rotatable bonds is 12. The average molecular weight is 1080 g/mol. The van der Waals surface area contributed by atoms with Gasteiger partial charge in [0.1, 0.15) is 30.4 Å². The SMILES string of the molecule is CC1(CO)CCC2(C(=O)O)C(C1)C1=CCC3C4(C)C5C(O)C(OC6OCC(O)C(O)C6O)C(C)(CO)C4CCC3(C)C1(CCC#CC5C1C(CO)C(=O)NC1C(c1cnc[nH]1)C(O)CC(N)O)C1Cc3[nH]cnc3NCC12. The Morgan fingerprint density at radius 3 is 2.44 bits per heavy atom. The third kappa shape index (κ3) is 7.77. The van der Waals surface area contributed by atoms with Crippen molar-refractivity contribution >= 4 is 17.7 Å². The summed E-state index contributed by atoms with van der Waals surface area (Å²) < 4.78 is 12.6. The van der Waals surface area contributed by atoms with Gasteiger partial charge in [0.2, 0.25) is 5.91 Å². The summed E-state index contributed by atoms with van der Waals surface area (Å²) >= 11 is 0. The normalized spacial score (nSPS) is 48.1. The average Bonchev–Trinajstić information content (AvgIpc) is 4.18. The number of aliphatic hydroxyl groups is 9. The van der Waals surface area contributed by atoms with E-state index in [0.717, 1.165) is 11.3 Å². The second-order valence-electron chi connectivity index (χ2n) is 26.0. The first-order valence-corrected chi connectivity index (χ1v) is 28.0. The number of hydrogen-bond donors (Lipinski definition) is 15. The van der Waals surface area contributed by atoms with Crippen molar-refractivity contribution < 1.29 is 70.1 Å². The third-order valence-electron chi connectivity index (χ3n) is 22.9. The van der Waals surface area contributed by atoms with Gasteiger partial charge in [-0.25, -0.2) is 9.97 Å². The number of allylic oxidation sites excluding steroid dienone is 2. The molecular formula is C56H81N7O14. The van der Waals surface area contributed by atoms with Gasteiger partial charge < -0.3 is 86.9 Å². The molecule has 1 spiro atoms. The molecule has 77 heavy (non-hydrogen) atoms. The smallest absolute Gasteiger partial charge is 0.310 e. The molecule has 21 nitrogen and oxygen atoms in total. The number of carbonyl (C=O) groups excluding carboxylic acids is 1. The van der Waals surface area contributed by atoms with Crippen LogP contribution in [0.3, 0.4) is 0 Å². The van der Waals surface area contributed by atoms with Crippen molar-refractivity contribution in [1.82, 2.24) is 25.3 Å². The fourth-order valence-electron chi connectivity index (χ4n) is 19.5. The van der Waals surface area contributed by atoms with Gasteiger partial charge in [-0.15, -0.1) is 5.92 Å². The van der Waals surface area contributed by atoms with E-state index in [1.54, 1.807) is 6.33 Å². The van der Waals surface area contributed by atoms with Crippen molar-refractivity contribution in [2.75, 3.05) is 38.3 Å². The molecule has 4 saturated carbocycles. The molecule has 0 aromatic carbocycles.